The van der Waals surface area contributed by atoms with E-state index in [1.165, 1.54) is 23.6 Å². The van der Waals surface area contributed by atoms with E-state index in [1.807, 2.05) is 19.1 Å². The molecule has 0 aromatic carbocycles. The third-order valence-electron chi connectivity index (χ3n) is 5.04. The van der Waals surface area contributed by atoms with E-state index in [1.54, 1.807) is 14.1 Å². The minimum Gasteiger partial charge on any atom is -0.466 e. The summed E-state index contributed by atoms with van der Waals surface area (Å²) in [7, 11) is -0.342. The van der Waals surface area contributed by atoms with Gasteiger partial charge in [0.1, 0.15) is 11.5 Å². The minimum absolute atomic E-state index is 0. The van der Waals surface area contributed by atoms with E-state index < -0.39 is 10.2 Å². The molecule has 138 valence electrons. The molecule has 1 aromatic rings. The lowest BCUT2D eigenvalue weighted by molar-refractivity contribution is 0.201. The molecule has 2 heterocycles. The number of hydrogen-bond donors (Lipinski definition) is 1. The fourth-order valence-corrected chi connectivity index (χ4v) is 4.26. The Hall–Kier alpha value is -0.600. The van der Waals surface area contributed by atoms with E-state index in [0.717, 1.165) is 37.1 Å². The van der Waals surface area contributed by atoms with Gasteiger partial charge in [-0.1, -0.05) is 6.42 Å². The monoisotopic (exact) mass is 377 g/mol. The van der Waals surface area contributed by atoms with Crippen molar-refractivity contribution in [2.24, 2.45) is 5.92 Å². The van der Waals surface area contributed by atoms with Gasteiger partial charge < -0.3 is 9.32 Å². The maximum atomic E-state index is 12.2. The summed E-state index contributed by atoms with van der Waals surface area (Å²) < 4.78 is 34.3. The standard InChI is InChI=1S/C16H27N3O3S.ClH/c1-12-7-8-16(22-12)14-10-19(9-13-5-4-6-13)11-15(14)17-23(20,21)18(2)3;/h7-8,13-15,17H,4-6,9-11H2,1-3H3;1H/t14-,15-;/m0./s1. The number of nitrogens with one attached hydrogen (secondary N) is 1. The number of nitrogens with zero attached hydrogens (tertiary/aromatic N) is 2. The van der Waals surface area contributed by atoms with Gasteiger partial charge in [-0.15, -0.1) is 12.4 Å². The fraction of sp³-hybridized carbons (Fsp3) is 0.750. The van der Waals surface area contributed by atoms with Crippen molar-refractivity contribution < 1.29 is 12.8 Å². The summed E-state index contributed by atoms with van der Waals surface area (Å²) in [5, 5.41) is 0. The average Bonchev–Trinajstić information content (AvgIpc) is 3.00. The summed E-state index contributed by atoms with van der Waals surface area (Å²) >= 11 is 0. The van der Waals surface area contributed by atoms with E-state index in [-0.39, 0.29) is 24.4 Å². The minimum atomic E-state index is -3.44. The molecular weight excluding hydrogens is 350 g/mol. The highest BCUT2D eigenvalue weighted by Crippen LogP contribution is 2.33. The van der Waals surface area contributed by atoms with Crippen LogP contribution in [0, 0.1) is 12.8 Å². The highest BCUT2D eigenvalue weighted by atomic mass is 35.5. The maximum absolute atomic E-state index is 12.2. The van der Waals surface area contributed by atoms with Crippen LogP contribution < -0.4 is 4.72 Å². The van der Waals surface area contributed by atoms with Crippen molar-refractivity contribution in [1.29, 1.82) is 0 Å². The lowest BCUT2D eigenvalue weighted by atomic mass is 9.85. The van der Waals surface area contributed by atoms with Gasteiger partial charge in [-0.25, -0.2) is 0 Å². The van der Waals surface area contributed by atoms with Crippen molar-refractivity contribution in [3.63, 3.8) is 0 Å². The predicted octanol–water partition coefficient (Wildman–Crippen LogP) is 1.97. The van der Waals surface area contributed by atoms with Gasteiger partial charge in [-0.2, -0.15) is 17.4 Å². The molecule has 1 saturated carbocycles. The van der Waals surface area contributed by atoms with Gasteiger partial charge in [0.25, 0.3) is 10.2 Å². The molecule has 2 atom stereocenters. The van der Waals surface area contributed by atoms with Gasteiger partial charge in [-0.05, 0) is 37.8 Å². The Kier molecular flexibility index (Phi) is 6.36. The third-order valence-corrected chi connectivity index (χ3v) is 6.61. The molecule has 1 aromatic heterocycles. The average molecular weight is 378 g/mol. The number of rotatable bonds is 6. The predicted molar refractivity (Wildman–Crippen MR) is 96.7 cm³/mol. The maximum Gasteiger partial charge on any atom is 0.279 e. The molecule has 1 N–H and O–H groups in total. The lowest BCUT2D eigenvalue weighted by Crippen LogP contribution is -2.45. The van der Waals surface area contributed by atoms with E-state index >= 15 is 0 Å². The summed E-state index contributed by atoms with van der Waals surface area (Å²) in [5.74, 6) is 2.59. The van der Waals surface area contributed by atoms with Crippen molar-refractivity contribution >= 4 is 22.6 Å². The smallest absolute Gasteiger partial charge is 0.279 e. The zero-order valence-corrected chi connectivity index (χ0v) is 16.2. The van der Waals surface area contributed by atoms with Crippen molar-refractivity contribution in [2.75, 3.05) is 33.7 Å². The van der Waals surface area contributed by atoms with Crippen LogP contribution in [0.5, 0.6) is 0 Å². The van der Waals surface area contributed by atoms with Crippen molar-refractivity contribution in [2.45, 2.75) is 38.1 Å². The van der Waals surface area contributed by atoms with Crippen LogP contribution in [0.2, 0.25) is 0 Å². The largest absolute Gasteiger partial charge is 0.466 e. The fourth-order valence-electron chi connectivity index (χ4n) is 3.43. The van der Waals surface area contributed by atoms with Crippen molar-refractivity contribution in [3.05, 3.63) is 23.7 Å². The van der Waals surface area contributed by atoms with Gasteiger partial charge in [0.2, 0.25) is 0 Å². The Morgan fingerprint density at radius 3 is 2.50 bits per heavy atom. The quantitative estimate of drug-likeness (QED) is 0.823. The number of likely N-dealkylation sites (tertiary alicyclic amines) is 1. The molecule has 2 aliphatic rings. The second-order valence-electron chi connectivity index (χ2n) is 7.08. The van der Waals surface area contributed by atoms with Crippen LogP contribution in [-0.4, -0.2) is 57.4 Å². The molecule has 1 aliphatic heterocycles. The Balaban J connectivity index is 0.00000208. The Morgan fingerprint density at radius 1 is 1.29 bits per heavy atom. The van der Waals surface area contributed by atoms with Gasteiger partial charge in [-0.3, -0.25) is 0 Å². The van der Waals surface area contributed by atoms with Crippen LogP contribution in [-0.2, 0) is 10.2 Å². The first-order valence-corrected chi connectivity index (χ1v) is 9.77. The summed E-state index contributed by atoms with van der Waals surface area (Å²) in [6.45, 7) is 4.58. The van der Waals surface area contributed by atoms with E-state index in [2.05, 4.69) is 9.62 Å². The highest BCUT2D eigenvalue weighted by Gasteiger charge is 2.39. The van der Waals surface area contributed by atoms with Crippen LogP contribution >= 0.6 is 12.4 Å². The molecular formula is C16H28ClN3O3S. The zero-order chi connectivity index (χ0) is 16.6. The zero-order valence-electron chi connectivity index (χ0n) is 14.6. The second kappa shape index (κ2) is 7.74. The molecule has 6 nitrogen and oxygen atoms in total. The molecule has 8 heteroatoms. The Morgan fingerprint density at radius 2 is 2.00 bits per heavy atom. The molecule has 0 amide bonds. The topological polar surface area (TPSA) is 65.8 Å². The molecule has 1 saturated heterocycles. The third kappa shape index (κ3) is 4.32. The van der Waals surface area contributed by atoms with Gasteiger partial charge in [0, 0.05) is 45.7 Å². The highest BCUT2D eigenvalue weighted by molar-refractivity contribution is 7.87. The molecule has 0 radical (unpaired) electrons. The van der Waals surface area contributed by atoms with Crippen LogP contribution in [0.1, 0.15) is 36.7 Å². The number of hydrogen-bond acceptors (Lipinski definition) is 4. The van der Waals surface area contributed by atoms with Crippen molar-refractivity contribution in [1.82, 2.24) is 13.9 Å². The summed E-state index contributed by atoms with van der Waals surface area (Å²) in [5.41, 5.74) is 0. The summed E-state index contributed by atoms with van der Waals surface area (Å²) in [6.07, 6.45) is 3.93. The molecule has 24 heavy (non-hydrogen) atoms. The normalized spacial score (nSPS) is 25.7. The van der Waals surface area contributed by atoms with Crippen LogP contribution in [0.4, 0.5) is 0 Å². The molecule has 0 bridgehead atoms. The number of halogens is 1. The van der Waals surface area contributed by atoms with Gasteiger partial charge >= 0.3 is 0 Å². The van der Waals surface area contributed by atoms with E-state index in [0.29, 0.717) is 0 Å². The number of furan rings is 1. The second-order valence-corrected chi connectivity index (χ2v) is 9.00. The Labute approximate surface area is 151 Å². The van der Waals surface area contributed by atoms with Gasteiger partial charge in [0.05, 0.1) is 0 Å². The lowest BCUT2D eigenvalue weighted by Gasteiger charge is -2.30. The van der Waals surface area contributed by atoms with Crippen LogP contribution in [0.15, 0.2) is 16.5 Å². The first-order chi connectivity index (χ1) is 10.8. The first-order valence-electron chi connectivity index (χ1n) is 8.33. The SMILES string of the molecule is Cc1ccc([C@H]2CN(CC3CCC3)C[C@@H]2NS(=O)(=O)N(C)C)o1.Cl. The Bertz CT molecular complexity index is 643. The van der Waals surface area contributed by atoms with Crippen LogP contribution in [0.25, 0.3) is 0 Å². The van der Waals surface area contributed by atoms with Gasteiger partial charge in [0.15, 0.2) is 0 Å². The first kappa shape index (κ1) is 19.7. The molecule has 0 unspecified atom stereocenters. The summed E-state index contributed by atoms with van der Waals surface area (Å²) in [4.78, 5) is 2.38. The molecule has 2 fully saturated rings. The van der Waals surface area contributed by atoms with Crippen LogP contribution in [0.3, 0.4) is 0 Å². The molecule has 1 aliphatic carbocycles. The number of aryl methyl sites for hydroxylation is 1. The molecule has 3 rings (SSSR count). The van der Waals surface area contributed by atoms with E-state index in [9.17, 15) is 8.42 Å². The summed E-state index contributed by atoms with van der Waals surface area (Å²) in [6, 6.07) is 3.78. The van der Waals surface area contributed by atoms with Crippen molar-refractivity contribution in [3.8, 4) is 0 Å². The van der Waals surface area contributed by atoms with E-state index in [4.69, 9.17) is 4.42 Å². The molecule has 0 spiro atoms.